The molecule has 3 nitrogen and oxygen atoms in total. The first kappa shape index (κ1) is 9.71. The van der Waals surface area contributed by atoms with Crippen molar-refractivity contribution in [2.75, 3.05) is 6.61 Å². The molecule has 1 aliphatic carbocycles. The summed E-state index contributed by atoms with van der Waals surface area (Å²) in [5.41, 5.74) is 1.22. The van der Waals surface area contributed by atoms with E-state index in [9.17, 15) is 0 Å². The molecule has 0 unspecified atom stereocenters. The lowest BCUT2D eigenvalue weighted by Gasteiger charge is -2.14. The van der Waals surface area contributed by atoms with Gasteiger partial charge >= 0.3 is 0 Å². The van der Waals surface area contributed by atoms with E-state index in [1.165, 1.54) is 31.4 Å². The third-order valence-electron chi connectivity index (χ3n) is 2.92. The summed E-state index contributed by atoms with van der Waals surface area (Å²) in [4.78, 5) is 4.20. The molecule has 1 aromatic heterocycles. The Morgan fingerprint density at radius 2 is 2.29 bits per heavy atom. The van der Waals surface area contributed by atoms with Gasteiger partial charge in [0.25, 0.3) is 0 Å². The molecule has 0 radical (unpaired) electrons. The maximum atomic E-state index is 5.42. The summed E-state index contributed by atoms with van der Waals surface area (Å²) in [6, 6.07) is 0.674. The predicted molar refractivity (Wildman–Crippen MR) is 55.1 cm³/mol. The predicted octanol–water partition coefficient (Wildman–Crippen LogP) is 2.53. The van der Waals surface area contributed by atoms with Gasteiger partial charge in [-0.2, -0.15) is 0 Å². The minimum atomic E-state index is 0.674. The first-order chi connectivity index (χ1) is 6.92. The quantitative estimate of drug-likeness (QED) is 0.736. The van der Waals surface area contributed by atoms with Crippen molar-refractivity contribution < 1.29 is 4.74 Å². The lowest BCUT2D eigenvalue weighted by molar-refractivity contribution is 0.127. The lowest BCUT2D eigenvalue weighted by Crippen LogP contribution is -2.08. The highest BCUT2D eigenvalue weighted by molar-refractivity contribution is 4.99. The fourth-order valence-corrected chi connectivity index (χ4v) is 2.16. The summed E-state index contributed by atoms with van der Waals surface area (Å²) in [6.07, 6.45) is 9.19. The van der Waals surface area contributed by atoms with Crippen LogP contribution in [0.4, 0.5) is 0 Å². The van der Waals surface area contributed by atoms with Crippen LogP contribution in [0.15, 0.2) is 12.5 Å². The van der Waals surface area contributed by atoms with Crippen LogP contribution in [0.3, 0.4) is 0 Å². The van der Waals surface area contributed by atoms with Gasteiger partial charge in [0.1, 0.15) is 0 Å². The highest BCUT2D eigenvalue weighted by atomic mass is 16.5. The second-order valence-electron chi connectivity index (χ2n) is 3.87. The van der Waals surface area contributed by atoms with Crippen molar-refractivity contribution in [2.24, 2.45) is 0 Å². The van der Waals surface area contributed by atoms with Crippen LogP contribution in [-0.4, -0.2) is 16.2 Å². The van der Waals surface area contributed by atoms with Crippen LogP contribution in [0.25, 0.3) is 0 Å². The van der Waals surface area contributed by atoms with E-state index in [1.807, 2.05) is 19.4 Å². The third kappa shape index (κ3) is 1.98. The highest BCUT2D eigenvalue weighted by Gasteiger charge is 2.18. The molecular formula is C11H18N2O. The van der Waals surface area contributed by atoms with Crippen LogP contribution in [-0.2, 0) is 11.3 Å². The van der Waals surface area contributed by atoms with E-state index >= 15 is 0 Å². The Morgan fingerprint density at radius 3 is 3.00 bits per heavy atom. The lowest BCUT2D eigenvalue weighted by atomic mass is 10.2. The minimum Gasteiger partial charge on any atom is -0.375 e. The van der Waals surface area contributed by atoms with Crippen molar-refractivity contribution in [3.8, 4) is 0 Å². The van der Waals surface area contributed by atoms with Crippen molar-refractivity contribution in [3.05, 3.63) is 18.2 Å². The molecule has 1 fully saturated rings. The fourth-order valence-electron chi connectivity index (χ4n) is 2.16. The second kappa shape index (κ2) is 4.60. The zero-order valence-corrected chi connectivity index (χ0v) is 8.78. The molecule has 0 atom stereocenters. The number of rotatable bonds is 4. The molecule has 0 aliphatic heterocycles. The van der Waals surface area contributed by atoms with Crippen LogP contribution >= 0.6 is 0 Å². The van der Waals surface area contributed by atoms with Gasteiger partial charge in [-0.1, -0.05) is 12.8 Å². The number of imidazole rings is 1. The van der Waals surface area contributed by atoms with Gasteiger partial charge in [0.2, 0.25) is 0 Å². The van der Waals surface area contributed by atoms with Gasteiger partial charge in [0.15, 0.2) is 0 Å². The number of ether oxygens (including phenoxy) is 1. The first-order valence-corrected chi connectivity index (χ1v) is 5.50. The first-order valence-electron chi connectivity index (χ1n) is 5.50. The Hall–Kier alpha value is -0.830. The molecule has 1 saturated carbocycles. The van der Waals surface area contributed by atoms with Crippen molar-refractivity contribution in [3.63, 3.8) is 0 Å². The van der Waals surface area contributed by atoms with Crippen LogP contribution < -0.4 is 0 Å². The monoisotopic (exact) mass is 194 g/mol. The van der Waals surface area contributed by atoms with Gasteiger partial charge in [-0.15, -0.1) is 0 Å². The molecule has 0 spiro atoms. The molecule has 78 valence electrons. The molecule has 0 bridgehead atoms. The average Bonchev–Trinajstić information content (AvgIpc) is 2.84. The molecule has 1 aromatic rings. The smallest absolute Gasteiger partial charge is 0.0951 e. The van der Waals surface area contributed by atoms with E-state index in [2.05, 4.69) is 9.55 Å². The van der Waals surface area contributed by atoms with Gasteiger partial charge in [0, 0.05) is 12.6 Å². The highest BCUT2D eigenvalue weighted by Crippen LogP contribution is 2.30. The molecule has 0 N–H and O–H groups in total. The molecule has 3 heteroatoms. The number of nitrogens with zero attached hydrogens (tertiary/aromatic N) is 2. The van der Waals surface area contributed by atoms with E-state index in [0.29, 0.717) is 12.6 Å². The van der Waals surface area contributed by atoms with Crippen molar-refractivity contribution >= 4 is 0 Å². The summed E-state index contributed by atoms with van der Waals surface area (Å²) in [5, 5.41) is 0. The Labute approximate surface area is 85.1 Å². The number of aromatic nitrogens is 2. The van der Waals surface area contributed by atoms with Crippen molar-refractivity contribution in [2.45, 2.75) is 45.3 Å². The molecule has 14 heavy (non-hydrogen) atoms. The molecule has 1 heterocycles. The van der Waals surface area contributed by atoms with E-state index in [4.69, 9.17) is 4.74 Å². The van der Waals surface area contributed by atoms with E-state index < -0.39 is 0 Å². The largest absolute Gasteiger partial charge is 0.375 e. The standard InChI is InChI=1S/C11H18N2O/c1-2-14-8-11-7-12-9-13(11)10-5-3-4-6-10/h7,9-10H,2-6,8H2,1H3. The van der Waals surface area contributed by atoms with Crippen LogP contribution in [0.1, 0.15) is 44.3 Å². The zero-order chi connectivity index (χ0) is 9.80. The van der Waals surface area contributed by atoms with Crippen LogP contribution in [0.2, 0.25) is 0 Å². The van der Waals surface area contributed by atoms with Crippen LogP contribution in [0, 0.1) is 0 Å². The maximum absolute atomic E-state index is 5.42. The Bertz CT molecular complexity index is 277. The van der Waals surface area contributed by atoms with Crippen LogP contribution in [0.5, 0.6) is 0 Å². The summed E-state index contributed by atoms with van der Waals surface area (Å²) >= 11 is 0. The van der Waals surface area contributed by atoms with Gasteiger partial charge in [-0.25, -0.2) is 4.98 Å². The number of hydrogen-bond acceptors (Lipinski definition) is 2. The molecule has 1 aliphatic rings. The van der Waals surface area contributed by atoms with E-state index in [0.717, 1.165) is 6.61 Å². The molecule has 0 saturated heterocycles. The van der Waals surface area contributed by atoms with E-state index in [-0.39, 0.29) is 0 Å². The third-order valence-corrected chi connectivity index (χ3v) is 2.92. The van der Waals surface area contributed by atoms with Gasteiger partial charge in [-0.3, -0.25) is 0 Å². The molecule has 0 amide bonds. The summed E-state index contributed by atoms with van der Waals surface area (Å²) < 4.78 is 7.71. The molecular weight excluding hydrogens is 176 g/mol. The second-order valence-corrected chi connectivity index (χ2v) is 3.87. The van der Waals surface area contributed by atoms with E-state index in [1.54, 1.807) is 0 Å². The Morgan fingerprint density at radius 1 is 1.50 bits per heavy atom. The van der Waals surface area contributed by atoms with Gasteiger partial charge < -0.3 is 9.30 Å². The topological polar surface area (TPSA) is 27.1 Å². The Balaban J connectivity index is 2.04. The molecule has 0 aromatic carbocycles. The van der Waals surface area contributed by atoms with Crippen molar-refractivity contribution in [1.29, 1.82) is 0 Å². The fraction of sp³-hybridized carbons (Fsp3) is 0.727. The zero-order valence-electron chi connectivity index (χ0n) is 8.78. The summed E-state index contributed by atoms with van der Waals surface area (Å²) in [6.45, 7) is 3.50. The SMILES string of the molecule is CCOCc1cncn1C1CCCC1. The molecule has 2 rings (SSSR count). The minimum absolute atomic E-state index is 0.674. The maximum Gasteiger partial charge on any atom is 0.0951 e. The Kier molecular flexibility index (Phi) is 3.19. The van der Waals surface area contributed by atoms with Gasteiger partial charge in [0.05, 0.1) is 24.8 Å². The average molecular weight is 194 g/mol. The normalized spacial score (nSPS) is 17.8. The summed E-state index contributed by atoms with van der Waals surface area (Å²) in [7, 11) is 0. The number of hydrogen-bond donors (Lipinski definition) is 0. The van der Waals surface area contributed by atoms with Gasteiger partial charge in [-0.05, 0) is 19.8 Å². The summed E-state index contributed by atoms with van der Waals surface area (Å²) in [5.74, 6) is 0. The van der Waals surface area contributed by atoms with Crippen molar-refractivity contribution in [1.82, 2.24) is 9.55 Å².